The molecule has 4 rings (SSSR count). The zero-order chi connectivity index (χ0) is 20.6. The number of hydrogen-bond donors (Lipinski definition) is 0. The third-order valence-electron chi connectivity index (χ3n) is 5.23. The van der Waals surface area contributed by atoms with Gasteiger partial charge in [-0.15, -0.1) is 0 Å². The summed E-state index contributed by atoms with van der Waals surface area (Å²) >= 11 is 0. The molecule has 7 nitrogen and oxygen atoms in total. The van der Waals surface area contributed by atoms with E-state index in [0.29, 0.717) is 31.8 Å². The maximum absolute atomic E-state index is 13.1. The van der Waals surface area contributed by atoms with Crippen LogP contribution >= 0.6 is 0 Å². The highest BCUT2D eigenvalue weighted by atomic mass is 32.2. The quantitative estimate of drug-likeness (QED) is 0.654. The van der Waals surface area contributed by atoms with Gasteiger partial charge < -0.3 is 0 Å². The van der Waals surface area contributed by atoms with E-state index in [4.69, 9.17) is 0 Å². The lowest BCUT2D eigenvalue weighted by Gasteiger charge is -2.30. The Labute approximate surface area is 168 Å². The van der Waals surface area contributed by atoms with E-state index >= 15 is 0 Å². The third-order valence-corrected chi connectivity index (χ3v) is 7.15. The SMILES string of the molecule is Cn1nc(C2CCN(S(=O)(=O)c3ccc(F)cc3)CC2)n(-c2ccccc2)c1=O. The van der Waals surface area contributed by atoms with Gasteiger partial charge in [0.25, 0.3) is 0 Å². The van der Waals surface area contributed by atoms with Gasteiger partial charge in [0.2, 0.25) is 10.0 Å². The molecule has 0 N–H and O–H groups in total. The molecule has 1 fully saturated rings. The number of para-hydroxylation sites is 1. The van der Waals surface area contributed by atoms with E-state index in [9.17, 15) is 17.6 Å². The Morgan fingerprint density at radius 3 is 2.24 bits per heavy atom. The highest BCUT2D eigenvalue weighted by Gasteiger charge is 2.32. The lowest BCUT2D eigenvalue weighted by atomic mass is 9.97. The lowest BCUT2D eigenvalue weighted by molar-refractivity contribution is 0.311. The molecule has 29 heavy (non-hydrogen) atoms. The molecule has 2 aromatic carbocycles. The minimum absolute atomic E-state index is 0.0382. The van der Waals surface area contributed by atoms with E-state index in [1.807, 2.05) is 30.3 Å². The number of nitrogens with zero attached hydrogens (tertiary/aromatic N) is 4. The third kappa shape index (κ3) is 3.63. The number of benzene rings is 2. The molecule has 1 aliphatic heterocycles. The maximum Gasteiger partial charge on any atom is 0.350 e. The average molecular weight is 416 g/mol. The van der Waals surface area contributed by atoms with Gasteiger partial charge in [0, 0.05) is 26.1 Å². The summed E-state index contributed by atoms with van der Waals surface area (Å²) in [5.41, 5.74) is 0.509. The second-order valence-corrected chi connectivity index (χ2v) is 9.01. The molecule has 0 bridgehead atoms. The van der Waals surface area contributed by atoms with Crippen LogP contribution in [0, 0.1) is 5.82 Å². The largest absolute Gasteiger partial charge is 0.350 e. The van der Waals surface area contributed by atoms with Gasteiger partial charge in [-0.2, -0.15) is 9.40 Å². The molecule has 0 spiro atoms. The number of rotatable bonds is 4. The molecule has 0 unspecified atom stereocenters. The van der Waals surface area contributed by atoms with E-state index in [2.05, 4.69) is 5.10 Å². The van der Waals surface area contributed by atoms with Crippen LogP contribution in [-0.4, -0.2) is 40.2 Å². The Morgan fingerprint density at radius 1 is 1.00 bits per heavy atom. The molecular formula is C20H21FN4O3S. The molecule has 0 radical (unpaired) electrons. The van der Waals surface area contributed by atoms with Crippen LogP contribution in [0.4, 0.5) is 4.39 Å². The number of aromatic nitrogens is 3. The van der Waals surface area contributed by atoms with Gasteiger partial charge in [-0.3, -0.25) is 0 Å². The Hall–Kier alpha value is -2.78. The Kier molecular flexibility index (Phi) is 5.10. The van der Waals surface area contributed by atoms with Gasteiger partial charge in [0.15, 0.2) is 0 Å². The summed E-state index contributed by atoms with van der Waals surface area (Å²) in [6.45, 7) is 0.619. The summed E-state index contributed by atoms with van der Waals surface area (Å²) in [5.74, 6) is 0.128. The molecule has 0 atom stereocenters. The summed E-state index contributed by atoms with van der Waals surface area (Å²) < 4.78 is 43.1. The summed E-state index contributed by atoms with van der Waals surface area (Å²) in [7, 11) is -2.07. The molecule has 152 valence electrons. The van der Waals surface area contributed by atoms with Crippen molar-refractivity contribution in [2.75, 3.05) is 13.1 Å². The normalized spacial score (nSPS) is 16.2. The van der Waals surface area contributed by atoms with Crippen molar-refractivity contribution in [3.8, 4) is 5.69 Å². The van der Waals surface area contributed by atoms with Gasteiger partial charge in [-0.25, -0.2) is 26.9 Å². The Bertz CT molecular complexity index is 1160. The van der Waals surface area contributed by atoms with Crippen molar-refractivity contribution in [2.45, 2.75) is 23.7 Å². The van der Waals surface area contributed by atoms with E-state index in [1.165, 1.54) is 21.1 Å². The lowest BCUT2D eigenvalue weighted by Crippen LogP contribution is -2.38. The Morgan fingerprint density at radius 2 is 1.62 bits per heavy atom. The van der Waals surface area contributed by atoms with Crippen LogP contribution in [0.25, 0.3) is 5.69 Å². The standard InChI is InChI=1S/C20H21FN4O3S/c1-23-20(26)25(17-5-3-2-4-6-17)19(22-23)15-11-13-24(14-12-15)29(27,28)18-9-7-16(21)8-10-18/h2-10,15H,11-14H2,1H3. The molecule has 1 aromatic heterocycles. The second-order valence-electron chi connectivity index (χ2n) is 7.07. The predicted octanol–water partition coefficient (Wildman–Crippen LogP) is 2.28. The summed E-state index contributed by atoms with van der Waals surface area (Å²) in [5, 5.41) is 4.42. The highest BCUT2D eigenvalue weighted by Crippen LogP contribution is 2.30. The van der Waals surface area contributed by atoms with Gasteiger partial charge >= 0.3 is 5.69 Å². The fraction of sp³-hybridized carbons (Fsp3) is 0.300. The minimum atomic E-state index is -3.68. The predicted molar refractivity (Wildman–Crippen MR) is 106 cm³/mol. The number of halogens is 1. The fourth-order valence-electron chi connectivity index (χ4n) is 3.68. The number of aryl methyl sites for hydroxylation is 1. The first-order valence-electron chi connectivity index (χ1n) is 9.35. The molecule has 0 aliphatic carbocycles. The highest BCUT2D eigenvalue weighted by molar-refractivity contribution is 7.89. The van der Waals surface area contributed by atoms with Crippen molar-refractivity contribution in [1.29, 1.82) is 0 Å². The molecule has 3 aromatic rings. The van der Waals surface area contributed by atoms with Crippen molar-refractivity contribution >= 4 is 10.0 Å². The van der Waals surface area contributed by atoms with Crippen molar-refractivity contribution in [2.24, 2.45) is 7.05 Å². The van der Waals surface area contributed by atoms with Crippen molar-refractivity contribution in [1.82, 2.24) is 18.7 Å². The smallest absolute Gasteiger partial charge is 0.247 e. The Balaban J connectivity index is 1.57. The summed E-state index contributed by atoms with van der Waals surface area (Å²) in [4.78, 5) is 12.7. The van der Waals surface area contributed by atoms with Crippen molar-refractivity contribution in [3.05, 3.63) is 76.7 Å². The first kappa shape index (κ1) is 19.5. The molecule has 9 heteroatoms. The van der Waals surface area contributed by atoms with Gasteiger partial charge in [-0.05, 0) is 49.2 Å². The van der Waals surface area contributed by atoms with Gasteiger partial charge in [-0.1, -0.05) is 18.2 Å². The van der Waals surface area contributed by atoms with Crippen LogP contribution in [0.15, 0.2) is 64.3 Å². The van der Waals surface area contributed by atoms with Crippen LogP contribution in [0.5, 0.6) is 0 Å². The first-order chi connectivity index (χ1) is 13.9. The molecule has 1 saturated heterocycles. The zero-order valence-electron chi connectivity index (χ0n) is 15.9. The van der Waals surface area contributed by atoms with Crippen molar-refractivity contribution in [3.63, 3.8) is 0 Å². The van der Waals surface area contributed by atoms with Crippen LogP contribution in [0.3, 0.4) is 0 Å². The topological polar surface area (TPSA) is 77.2 Å². The maximum atomic E-state index is 13.1. The summed E-state index contributed by atoms with van der Waals surface area (Å²) in [6.07, 6.45) is 1.09. The van der Waals surface area contributed by atoms with Gasteiger partial charge in [0.05, 0.1) is 10.6 Å². The van der Waals surface area contributed by atoms with E-state index in [-0.39, 0.29) is 16.5 Å². The van der Waals surface area contributed by atoms with Crippen molar-refractivity contribution < 1.29 is 12.8 Å². The average Bonchev–Trinajstić information content (AvgIpc) is 3.03. The zero-order valence-corrected chi connectivity index (χ0v) is 16.7. The molecular weight excluding hydrogens is 395 g/mol. The van der Waals surface area contributed by atoms with Crippen LogP contribution in [0.2, 0.25) is 0 Å². The van der Waals surface area contributed by atoms with Crippen LogP contribution in [-0.2, 0) is 17.1 Å². The summed E-state index contributed by atoms with van der Waals surface area (Å²) in [6, 6.07) is 14.1. The van der Waals surface area contributed by atoms with Crippen LogP contribution < -0.4 is 5.69 Å². The second kappa shape index (κ2) is 7.57. The molecule has 0 saturated carbocycles. The fourth-order valence-corrected chi connectivity index (χ4v) is 5.15. The van der Waals surface area contributed by atoms with E-state index < -0.39 is 15.8 Å². The minimum Gasteiger partial charge on any atom is -0.247 e. The van der Waals surface area contributed by atoms with E-state index in [0.717, 1.165) is 17.8 Å². The molecule has 0 amide bonds. The first-order valence-corrected chi connectivity index (χ1v) is 10.8. The van der Waals surface area contributed by atoms with E-state index in [1.54, 1.807) is 11.6 Å². The van der Waals surface area contributed by atoms with Gasteiger partial charge in [0.1, 0.15) is 11.6 Å². The number of sulfonamides is 1. The molecule has 1 aliphatic rings. The number of hydrogen-bond acceptors (Lipinski definition) is 4. The molecule has 2 heterocycles. The number of piperidine rings is 1. The van der Waals surface area contributed by atoms with Crippen LogP contribution in [0.1, 0.15) is 24.6 Å². The monoisotopic (exact) mass is 416 g/mol.